The van der Waals surface area contributed by atoms with Crippen molar-refractivity contribution in [2.24, 2.45) is 5.92 Å². The third-order valence-corrected chi connectivity index (χ3v) is 4.06. The van der Waals surface area contributed by atoms with E-state index in [-0.39, 0.29) is 11.9 Å². The van der Waals surface area contributed by atoms with Crippen LogP contribution in [0.15, 0.2) is 30.5 Å². The van der Waals surface area contributed by atoms with Gasteiger partial charge in [0, 0.05) is 24.7 Å². The van der Waals surface area contributed by atoms with Gasteiger partial charge in [-0.1, -0.05) is 32.8 Å². The number of hydrogen-bond donors (Lipinski definition) is 2. The highest BCUT2D eigenvalue weighted by atomic mass is 19.1. The van der Waals surface area contributed by atoms with Gasteiger partial charge in [-0.3, -0.25) is 4.98 Å². The summed E-state index contributed by atoms with van der Waals surface area (Å²) in [5, 5.41) is 13.9. The molecule has 21 heavy (non-hydrogen) atoms. The predicted octanol–water partition coefficient (Wildman–Crippen LogP) is 3.26. The van der Waals surface area contributed by atoms with Crippen molar-refractivity contribution >= 4 is 10.9 Å². The summed E-state index contributed by atoms with van der Waals surface area (Å²) in [6, 6.07) is 6.69. The Morgan fingerprint density at radius 2 is 2.00 bits per heavy atom. The van der Waals surface area contributed by atoms with E-state index < -0.39 is 0 Å². The minimum Gasteiger partial charge on any atom is -0.392 e. The number of aliphatic hydroxyl groups excluding tert-OH is 1. The first-order valence-electron chi connectivity index (χ1n) is 7.58. The number of benzene rings is 1. The molecule has 0 spiro atoms. The second kappa shape index (κ2) is 7.48. The van der Waals surface area contributed by atoms with Crippen LogP contribution >= 0.6 is 0 Å². The molecule has 0 saturated carbocycles. The number of aliphatic hydroxyl groups is 1. The molecule has 0 radical (unpaired) electrons. The molecule has 0 fully saturated rings. The molecule has 114 valence electrons. The highest BCUT2D eigenvalue weighted by Gasteiger charge is 2.15. The number of fused-ring (bicyclic) bond motifs is 1. The lowest BCUT2D eigenvalue weighted by atomic mass is 9.96. The van der Waals surface area contributed by atoms with Crippen molar-refractivity contribution in [3.63, 3.8) is 0 Å². The molecule has 4 heteroatoms. The fourth-order valence-electron chi connectivity index (χ4n) is 2.69. The van der Waals surface area contributed by atoms with E-state index in [0.717, 1.165) is 18.4 Å². The highest BCUT2D eigenvalue weighted by molar-refractivity contribution is 5.82. The van der Waals surface area contributed by atoms with Gasteiger partial charge in [-0.15, -0.1) is 0 Å². The second-order valence-corrected chi connectivity index (χ2v) is 5.38. The minimum absolute atomic E-state index is 0.251. The van der Waals surface area contributed by atoms with Crippen molar-refractivity contribution in [3.05, 3.63) is 41.8 Å². The average molecular weight is 290 g/mol. The molecule has 0 amide bonds. The van der Waals surface area contributed by atoms with Crippen LogP contribution in [0.3, 0.4) is 0 Å². The summed E-state index contributed by atoms with van der Waals surface area (Å²) in [5.74, 6) is 0.0690. The summed E-state index contributed by atoms with van der Waals surface area (Å²) in [6.45, 7) is 5.30. The molecular formula is C17H23FN2O. The molecule has 0 aliphatic rings. The molecule has 2 N–H and O–H groups in total. The van der Waals surface area contributed by atoms with Crippen LogP contribution in [0.25, 0.3) is 10.9 Å². The van der Waals surface area contributed by atoms with Gasteiger partial charge in [-0.05, 0) is 29.7 Å². The van der Waals surface area contributed by atoms with Crippen LogP contribution in [0.4, 0.5) is 4.39 Å². The summed E-state index contributed by atoms with van der Waals surface area (Å²) in [6.07, 6.45) is 3.27. The maximum Gasteiger partial charge on any atom is 0.132 e. The second-order valence-electron chi connectivity index (χ2n) is 5.38. The Balaban J connectivity index is 2.03. The molecule has 1 aromatic carbocycles. The zero-order valence-electron chi connectivity index (χ0n) is 12.6. The van der Waals surface area contributed by atoms with Crippen LogP contribution < -0.4 is 5.32 Å². The van der Waals surface area contributed by atoms with E-state index >= 15 is 0 Å². The van der Waals surface area contributed by atoms with Gasteiger partial charge in [-0.25, -0.2) is 4.39 Å². The molecule has 1 unspecified atom stereocenters. The van der Waals surface area contributed by atoms with Crippen molar-refractivity contribution in [2.75, 3.05) is 6.54 Å². The largest absolute Gasteiger partial charge is 0.392 e. The van der Waals surface area contributed by atoms with E-state index in [9.17, 15) is 9.50 Å². The SMILES string of the molecule is CCC(CC)C(O)CNCc1ccc(F)c2cccnc12. The van der Waals surface area contributed by atoms with Gasteiger partial charge in [0.05, 0.1) is 11.6 Å². The van der Waals surface area contributed by atoms with Crippen LogP contribution in [-0.4, -0.2) is 22.7 Å². The first-order chi connectivity index (χ1) is 10.2. The van der Waals surface area contributed by atoms with Crippen LogP contribution in [0, 0.1) is 11.7 Å². The molecule has 2 rings (SSSR count). The van der Waals surface area contributed by atoms with Crippen molar-refractivity contribution in [2.45, 2.75) is 39.3 Å². The summed E-state index contributed by atoms with van der Waals surface area (Å²) in [5.41, 5.74) is 1.63. The third kappa shape index (κ3) is 3.77. The molecule has 1 aromatic heterocycles. The molecule has 1 heterocycles. The summed E-state index contributed by atoms with van der Waals surface area (Å²) in [4.78, 5) is 4.26. The Bertz CT molecular complexity index is 584. The predicted molar refractivity (Wildman–Crippen MR) is 83.5 cm³/mol. The van der Waals surface area contributed by atoms with Gasteiger partial charge < -0.3 is 10.4 Å². The number of aromatic nitrogens is 1. The Morgan fingerprint density at radius 1 is 1.24 bits per heavy atom. The lowest BCUT2D eigenvalue weighted by Gasteiger charge is -2.20. The average Bonchev–Trinajstić information content (AvgIpc) is 2.51. The summed E-state index contributed by atoms with van der Waals surface area (Å²) < 4.78 is 13.7. The van der Waals surface area contributed by atoms with Gasteiger partial charge in [0.2, 0.25) is 0 Å². The molecule has 2 aromatic rings. The van der Waals surface area contributed by atoms with Crippen LogP contribution in [0.2, 0.25) is 0 Å². The standard InChI is InChI=1S/C17H23FN2O/c1-3-12(4-2)16(21)11-19-10-13-7-8-15(18)14-6-5-9-20-17(13)14/h5-9,12,16,19,21H,3-4,10-11H2,1-2H3. The first-order valence-corrected chi connectivity index (χ1v) is 7.58. The Labute approximate surface area is 125 Å². The molecule has 0 aliphatic carbocycles. The van der Waals surface area contributed by atoms with Crippen LogP contribution in [-0.2, 0) is 6.54 Å². The minimum atomic E-state index is -0.348. The Kier molecular flexibility index (Phi) is 5.65. The van der Waals surface area contributed by atoms with E-state index in [1.54, 1.807) is 24.4 Å². The van der Waals surface area contributed by atoms with Gasteiger partial charge in [0.15, 0.2) is 0 Å². The van der Waals surface area contributed by atoms with E-state index in [0.29, 0.717) is 29.9 Å². The van der Waals surface area contributed by atoms with Crippen LogP contribution in [0.1, 0.15) is 32.3 Å². The molecule has 3 nitrogen and oxygen atoms in total. The number of hydrogen-bond acceptors (Lipinski definition) is 3. The van der Waals surface area contributed by atoms with Crippen molar-refractivity contribution < 1.29 is 9.50 Å². The monoisotopic (exact) mass is 290 g/mol. The normalized spacial score (nSPS) is 13.0. The lowest BCUT2D eigenvalue weighted by molar-refractivity contribution is 0.101. The number of nitrogens with one attached hydrogen (secondary N) is 1. The van der Waals surface area contributed by atoms with E-state index in [1.165, 1.54) is 6.07 Å². The van der Waals surface area contributed by atoms with Gasteiger partial charge >= 0.3 is 0 Å². The van der Waals surface area contributed by atoms with Crippen molar-refractivity contribution in [1.29, 1.82) is 0 Å². The van der Waals surface area contributed by atoms with E-state index in [4.69, 9.17) is 0 Å². The molecular weight excluding hydrogens is 267 g/mol. The number of nitrogens with zero attached hydrogens (tertiary/aromatic N) is 1. The van der Waals surface area contributed by atoms with E-state index in [2.05, 4.69) is 24.1 Å². The zero-order valence-corrected chi connectivity index (χ0v) is 12.6. The van der Waals surface area contributed by atoms with Crippen LogP contribution in [0.5, 0.6) is 0 Å². The number of rotatable bonds is 7. The van der Waals surface area contributed by atoms with Gasteiger partial charge in [0.1, 0.15) is 5.82 Å². The first kappa shape index (κ1) is 15.9. The summed E-state index contributed by atoms with van der Waals surface area (Å²) in [7, 11) is 0. The third-order valence-electron chi connectivity index (χ3n) is 4.06. The molecule has 0 aliphatic heterocycles. The smallest absolute Gasteiger partial charge is 0.132 e. The van der Waals surface area contributed by atoms with Crippen molar-refractivity contribution in [3.8, 4) is 0 Å². The van der Waals surface area contributed by atoms with Gasteiger partial charge in [0.25, 0.3) is 0 Å². The maximum absolute atomic E-state index is 13.7. The van der Waals surface area contributed by atoms with E-state index in [1.807, 2.05) is 0 Å². The fraction of sp³-hybridized carbons (Fsp3) is 0.471. The van der Waals surface area contributed by atoms with Crippen molar-refractivity contribution in [1.82, 2.24) is 10.3 Å². The highest BCUT2D eigenvalue weighted by Crippen LogP contribution is 2.19. The molecule has 1 atom stereocenters. The molecule has 0 bridgehead atoms. The fourth-order valence-corrected chi connectivity index (χ4v) is 2.69. The molecule has 0 saturated heterocycles. The Morgan fingerprint density at radius 3 is 2.71 bits per heavy atom. The zero-order chi connectivity index (χ0) is 15.2. The lowest BCUT2D eigenvalue weighted by Crippen LogP contribution is -2.32. The number of halogens is 1. The topological polar surface area (TPSA) is 45.1 Å². The Hall–Kier alpha value is -1.52. The van der Waals surface area contributed by atoms with Gasteiger partial charge in [-0.2, -0.15) is 0 Å². The summed E-state index contributed by atoms with van der Waals surface area (Å²) >= 11 is 0. The maximum atomic E-state index is 13.7. The quantitative estimate of drug-likeness (QED) is 0.822. The number of pyridine rings is 1.